The van der Waals surface area contributed by atoms with Gasteiger partial charge in [-0.25, -0.2) is 9.18 Å². The summed E-state index contributed by atoms with van der Waals surface area (Å²) in [5.74, 6) is -0.00764. The standard InChI is InChI=1S/C21H24FNO3/c1-15-3-2-10-23(12-15)13-18-11-17(16-4-7-19(22)8-5-16)6-9-20(18)26-14-21(24)25/h4-9,11,15H,2-3,10,12-14H2,1H3,(H,24,25). The van der Waals surface area contributed by atoms with Crippen molar-refractivity contribution < 1.29 is 19.0 Å². The first-order valence-electron chi connectivity index (χ1n) is 8.97. The van der Waals surface area contributed by atoms with E-state index in [0.29, 0.717) is 18.2 Å². The molecule has 1 atom stereocenters. The van der Waals surface area contributed by atoms with Crippen molar-refractivity contribution in [3.05, 3.63) is 53.8 Å². The number of benzene rings is 2. The molecule has 2 aromatic carbocycles. The minimum Gasteiger partial charge on any atom is -0.482 e. The van der Waals surface area contributed by atoms with Crippen LogP contribution in [0.4, 0.5) is 4.39 Å². The van der Waals surface area contributed by atoms with Crippen LogP contribution in [-0.4, -0.2) is 35.7 Å². The number of hydrogen-bond acceptors (Lipinski definition) is 3. The van der Waals surface area contributed by atoms with Crippen molar-refractivity contribution in [1.82, 2.24) is 4.90 Å². The highest BCUT2D eigenvalue weighted by atomic mass is 19.1. The van der Waals surface area contributed by atoms with Gasteiger partial charge in [0.15, 0.2) is 6.61 Å². The summed E-state index contributed by atoms with van der Waals surface area (Å²) in [5.41, 5.74) is 2.85. The lowest BCUT2D eigenvalue weighted by Crippen LogP contribution is -2.33. The van der Waals surface area contributed by atoms with E-state index in [1.54, 1.807) is 12.1 Å². The third-order valence-corrected chi connectivity index (χ3v) is 4.72. The van der Waals surface area contributed by atoms with Gasteiger partial charge in [-0.2, -0.15) is 0 Å². The molecule has 0 aliphatic carbocycles. The topological polar surface area (TPSA) is 49.8 Å². The van der Waals surface area contributed by atoms with E-state index >= 15 is 0 Å². The number of piperidine rings is 1. The Bertz CT molecular complexity index is 760. The second-order valence-electron chi connectivity index (χ2n) is 6.99. The minimum absolute atomic E-state index is 0.266. The van der Waals surface area contributed by atoms with Gasteiger partial charge in [-0.1, -0.05) is 25.1 Å². The third kappa shape index (κ3) is 4.82. The molecule has 0 bridgehead atoms. The van der Waals surface area contributed by atoms with Gasteiger partial charge in [-0.15, -0.1) is 0 Å². The summed E-state index contributed by atoms with van der Waals surface area (Å²) < 4.78 is 18.7. The number of aliphatic carboxylic acids is 1. The average Bonchev–Trinajstić information content (AvgIpc) is 2.61. The molecule has 3 rings (SSSR count). The lowest BCUT2D eigenvalue weighted by Gasteiger charge is -2.31. The SMILES string of the molecule is CC1CCCN(Cc2cc(-c3ccc(F)cc3)ccc2OCC(=O)O)C1. The monoisotopic (exact) mass is 357 g/mol. The van der Waals surface area contributed by atoms with E-state index in [1.165, 1.54) is 25.0 Å². The Morgan fingerprint density at radius 1 is 1.23 bits per heavy atom. The maximum absolute atomic E-state index is 13.2. The van der Waals surface area contributed by atoms with Gasteiger partial charge in [0.25, 0.3) is 0 Å². The fraction of sp³-hybridized carbons (Fsp3) is 0.381. The Hall–Kier alpha value is -2.40. The molecule has 138 valence electrons. The second kappa shape index (κ2) is 8.32. The molecule has 1 heterocycles. The van der Waals surface area contributed by atoms with Gasteiger partial charge in [0.1, 0.15) is 11.6 Å². The van der Waals surface area contributed by atoms with Crippen LogP contribution in [0.1, 0.15) is 25.3 Å². The van der Waals surface area contributed by atoms with Gasteiger partial charge >= 0.3 is 5.97 Å². The van der Waals surface area contributed by atoms with Gasteiger partial charge in [-0.3, -0.25) is 4.90 Å². The first-order valence-corrected chi connectivity index (χ1v) is 8.97. The van der Waals surface area contributed by atoms with E-state index in [4.69, 9.17) is 9.84 Å². The number of carbonyl (C=O) groups is 1. The molecule has 5 heteroatoms. The number of nitrogens with zero attached hydrogens (tertiary/aromatic N) is 1. The number of likely N-dealkylation sites (tertiary alicyclic amines) is 1. The Morgan fingerprint density at radius 2 is 1.96 bits per heavy atom. The molecule has 0 saturated carbocycles. The van der Waals surface area contributed by atoms with E-state index in [9.17, 15) is 9.18 Å². The van der Waals surface area contributed by atoms with E-state index in [0.717, 1.165) is 29.8 Å². The highest BCUT2D eigenvalue weighted by Crippen LogP contribution is 2.29. The van der Waals surface area contributed by atoms with Crippen molar-refractivity contribution in [2.24, 2.45) is 5.92 Å². The van der Waals surface area contributed by atoms with Gasteiger partial charge in [0, 0.05) is 18.7 Å². The Balaban J connectivity index is 1.86. The van der Waals surface area contributed by atoms with Crippen LogP contribution in [0, 0.1) is 11.7 Å². The number of hydrogen-bond donors (Lipinski definition) is 1. The summed E-state index contributed by atoms with van der Waals surface area (Å²) in [6.45, 7) is 4.67. The Morgan fingerprint density at radius 3 is 2.65 bits per heavy atom. The van der Waals surface area contributed by atoms with Crippen LogP contribution in [0.25, 0.3) is 11.1 Å². The summed E-state index contributed by atoms with van der Waals surface area (Å²) in [6.07, 6.45) is 2.42. The third-order valence-electron chi connectivity index (χ3n) is 4.72. The van der Waals surface area contributed by atoms with Crippen molar-refractivity contribution in [2.75, 3.05) is 19.7 Å². The predicted molar refractivity (Wildman–Crippen MR) is 98.6 cm³/mol. The van der Waals surface area contributed by atoms with Crippen LogP contribution in [0.2, 0.25) is 0 Å². The van der Waals surface area contributed by atoms with Gasteiger partial charge in [0.05, 0.1) is 0 Å². The summed E-state index contributed by atoms with van der Waals surface area (Å²) >= 11 is 0. The number of ether oxygens (including phenoxy) is 1. The molecule has 26 heavy (non-hydrogen) atoms. The molecule has 0 spiro atoms. The van der Waals surface area contributed by atoms with Crippen LogP contribution in [0.3, 0.4) is 0 Å². The van der Waals surface area contributed by atoms with Crippen molar-refractivity contribution in [3.8, 4) is 16.9 Å². The molecule has 0 aromatic heterocycles. The van der Waals surface area contributed by atoms with Crippen LogP contribution < -0.4 is 4.74 Å². The van der Waals surface area contributed by atoms with Crippen LogP contribution in [0.15, 0.2) is 42.5 Å². The minimum atomic E-state index is -0.995. The van der Waals surface area contributed by atoms with Crippen molar-refractivity contribution >= 4 is 5.97 Å². The Labute approximate surface area is 153 Å². The lowest BCUT2D eigenvalue weighted by atomic mass is 9.98. The van der Waals surface area contributed by atoms with Gasteiger partial charge in [-0.05, 0) is 60.7 Å². The average molecular weight is 357 g/mol. The molecule has 2 aromatic rings. The fourth-order valence-corrected chi connectivity index (χ4v) is 3.48. The first-order chi connectivity index (χ1) is 12.5. The quantitative estimate of drug-likeness (QED) is 0.842. The van der Waals surface area contributed by atoms with Crippen molar-refractivity contribution in [1.29, 1.82) is 0 Å². The van der Waals surface area contributed by atoms with Crippen LogP contribution >= 0.6 is 0 Å². The fourth-order valence-electron chi connectivity index (χ4n) is 3.48. The normalized spacial score (nSPS) is 17.8. The van der Waals surface area contributed by atoms with Crippen LogP contribution in [0.5, 0.6) is 5.75 Å². The number of halogens is 1. The zero-order chi connectivity index (χ0) is 18.5. The summed E-state index contributed by atoms with van der Waals surface area (Å²) in [5, 5.41) is 8.91. The summed E-state index contributed by atoms with van der Waals surface area (Å²) in [4.78, 5) is 13.2. The van der Waals surface area contributed by atoms with Gasteiger partial charge < -0.3 is 9.84 Å². The molecular weight excluding hydrogens is 333 g/mol. The van der Waals surface area contributed by atoms with Gasteiger partial charge in [0.2, 0.25) is 0 Å². The summed E-state index contributed by atoms with van der Waals surface area (Å²) in [7, 11) is 0. The van der Waals surface area contributed by atoms with E-state index in [1.807, 2.05) is 18.2 Å². The molecule has 1 aliphatic rings. The first kappa shape index (κ1) is 18.4. The van der Waals surface area contributed by atoms with Crippen molar-refractivity contribution in [2.45, 2.75) is 26.3 Å². The molecule has 0 radical (unpaired) electrons. The predicted octanol–water partition coefficient (Wildman–Crippen LogP) is 4.19. The molecule has 4 nitrogen and oxygen atoms in total. The van der Waals surface area contributed by atoms with E-state index < -0.39 is 5.97 Å². The lowest BCUT2D eigenvalue weighted by molar-refractivity contribution is -0.139. The molecule has 1 unspecified atom stereocenters. The second-order valence-corrected chi connectivity index (χ2v) is 6.99. The smallest absolute Gasteiger partial charge is 0.341 e. The van der Waals surface area contributed by atoms with E-state index in [-0.39, 0.29) is 12.4 Å². The summed E-state index contributed by atoms with van der Waals surface area (Å²) in [6, 6.07) is 12.1. The molecular formula is C21H24FNO3. The van der Waals surface area contributed by atoms with Crippen molar-refractivity contribution in [3.63, 3.8) is 0 Å². The zero-order valence-electron chi connectivity index (χ0n) is 15.0. The largest absolute Gasteiger partial charge is 0.482 e. The molecule has 1 aliphatic heterocycles. The number of carboxylic acid groups (broad SMARTS) is 1. The number of carboxylic acids is 1. The van der Waals surface area contributed by atoms with Crippen LogP contribution in [-0.2, 0) is 11.3 Å². The Kier molecular flexibility index (Phi) is 5.89. The van der Waals surface area contributed by atoms with E-state index in [2.05, 4.69) is 11.8 Å². The highest BCUT2D eigenvalue weighted by molar-refractivity contribution is 5.69. The molecule has 0 amide bonds. The molecule has 1 saturated heterocycles. The molecule has 1 N–H and O–H groups in total. The highest BCUT2D eigenvalue weighted by Gasteiger charge is 2.18. The number of rotatable bonds is 6. The maximum atomic E-state index is 13.2. The zero-order valence-corrected chi connectivity index (χ0v) is 15.0. The maximum Gasteiger partial charge on any atom is 0.341 e. The molecule has 1 fully saturated rings.